The van der Waals surface area contributed by atoms with Crippen LogP contribution in [0.15, 0.2) is 12.2 Å². The van der Waals surface area contributed by atoms with E-state index in [1.165, 1.54) is 141 Å². The number of ether oxygens (including phenoxy) is 1. The average Bonchev–Trinajstić information content (AvgIpc) is 2.87. The van der Waals surface area contributed by atoms with Crippen LogP contribution in [0.5, 0.6) is 0 Å². The maximum atomic E-state index is 11.3. The predicted octanol–water partition coefficient (Wildman–Crippen LogP) is 10.7. The van der Waals surface area contributed by atoms with Gasteiger partial charge in [0.15, 0.2) is 0 Å². The number of carbonyl (C=O) groups is 1. The van der Waals surface area contributed by atoms with Crippen molar-refractivity contribution in [2.75, 3.05) is 27.2 Å². The number of hydrogen-bond acceptors (Lipinski definition) is 3. The third-order valence-corrected chi connectivity index (χ3v) is 7.55. The van der Waals surface area contributed by atoms with Gasteiger partial charge in [-0.25, -0.2) is 0 Å². The molecule has 0 aliphatic carbocycles. The molecule has 3 nitrogen and oxygen atoms in total. The molecule has 0 saturated heterocycles. The highest BCUT2D eigenvalue weighted by Crippen LogP contribution is 2.20. The van der Waals surface area contributed by atoms with Crippen LogP contribution in [-0.2, 0) is 9.53 Å². The molecule has 0 radical (unpaired) electrons. The first-order valence-electron chi connectivity index (χ1n) is 16.5. The standard InChI is InChI=1S/C34H67NO2/c1-5-7-8-9-23-26-29-33(32-35(3)4)30-27-24-21-19-17-15-13-11-10-12-14-16-18-20-22-25-28-31-34(36)37-6-2/h12,14,33H,5-11,13,15-32H2,1-4H3/b14-12-. The molecule has 0 aromatic rings. The Kier molecular flexibility index (Phi) is 29.1. The number of nitrogens with zero attached hydrogens (tertiary/aromatic N) is 1. The van der Waals surface area contributed by atoms with Crippen molar-refractivity contribution < 1.29 is 9.53 Å². The molecule has 0 amide bonds. The monoisotopic (exact) mass is 522 g/mol. The third kappa shape index (κ3) is 29.6. The van der Waals surface area contributed by atoms with Gasteiger partial charge in [0.25, 0.3) is 0 Å². The molecule has 0 aromatic heterocycles. The zero-order valence-electron chi connectivity index (χ0n) is 25.9. The van der Waals surface area contributed by atoms with Crippen LogP contribution in [0, 0.1) is 5.92 Å². The minimum atomic E-state index is -0.0383. The van der Waals surface area contributed by atoms with Crippen molar-refractivity contribution >= 4 is 5.97 Å². The first-order chi connectivity index (χ1) is 18.1. The molecule has 0 fully saturated rings. The van der Waals surface area contributed by atoms with Gasteiger partial charge in [0.2, 0.25) is 0 Å². The van der Waals surface area contributed by atoms with Crippen LogP contribution < -0.4 is 0 Å². The second-order valence-corrected chi connectivity index (χ2v) is 11.7. The fourth-order valence-electron chi connectivity index (χ4n) is 5.34. The molecule has 0 heterocycles. The molecule has 220 valence electrons. The van der Waals surface area contributed by atoms with Crippen molar-refractivity contribution in [3.8, 4) is 0 Å². The molecule has 37 heavy (non-hydrogen) atoms. The Morgan fingerprint density at radius 1 is 0.622 bits per heavy atom. The summed E-state index contributed by atoms with van der Waals surface area (Å²) < 4.78 is 4.96. The van der Waals surface area contributed by atoms with Crippen LogP contribution in [0.3, 0.4) is 0 Å². The number of unbranched alkanes of at least 4 members (excludes halogenated alkanes) is 18. The summed E-state index contributed by atoms with van der Waals surface area (Å²) in [7, 11) is 4.48. The number of rotatable bonds is 29. The maximum absolute atomic E-state index is 11.3. The van der Waals surface area contributed by atoms with E-state index in [9.17, 15) is 4.79 Å². The molecule has 0 bridgehead atoms. The molecule has 3 heteroatoms. The zero-order valence-corrected chi connectivity index (χ0v) is 25.9. The lowest BCUT2D eigenvalue weighted by atomic mass is 9.93. The molecular formula is C34H67NO2. The number of hydrogen-bond donors (Lipinski definition) is 0. The van der Waals surface area contributed by atoms with Gasteiger partial charge in [0.1, 0.15) is 0 Å². The van der Waals surface area contributed by atoms with Crippen LogP contribution in [0.25, 0.3) is 0 Å². The van der Waals surface area contributed by atoms with Crippen molar-refractivity contribution in [3.63, 3.8) is 0 Å². The molecule has 1 atom stereocenters. The van der Waals surface area contributed by atoms with Crippen molar-refractivity contribution in [1.82, 2.24) is 4.90 Å². The van der Waals surface area contributed by atoms with Crippen LogP contribution in [0.2, 0.25) is 0 Å². The summed E-state index contributed by atoms with van der Waals surface area (Å²) in [6.45, 7) is 5.95. The van der Waals surface area contributed by atoms with E-state index in [2.05, 4.69) is 38.1 Å². The van der Waals surface area contributed by atoms with Gasteiger partial charge < -0.3 is 9.64 Å². The highest BCUT2D eigenvalue weighted by Gasteiger charge is 2.09. The van der Waals surface area contributed by atoms with E-state index in [0.29, 0.717) is 13.0 Å². The highest BCUT2D eigenvalue weighted by atomic mass is 16.5. The Labute approximate surface area is 233 Å². The Morgan fingerprint density at radius 3 is 1.51 bits per heavy atom. The van der Waals surface area contributed by atoms with Gasteiger partial charge in [0, 0.05) is 13.0 Å². The largest absolute Gasteiger partial charge is 0.466 e. The SMILES string of the molecule is CCCCCCCCC(CCCCCCCCCC/C=C\CCCCCCCC(=O)OCC)CN(C)C. The second-order valence-electron chi connectivity index (χ2n) is 11.7. The van der Waals surface area contributed by atoms with Crippen LogP contribution >= 0.6 is 0 Å². The van der Waals surface area contributed by atoms with E-state index in [1.54, 1.807) is 0 Å². The summed E-state index contributed by atoms with van der Waals surface area (Å²) >= 11 is 0. The van der Waals surface area contributed by atoms with Gasteiger partial charge in [-0.3, -0.25) is 4.79 Å². The summed E-state index contributed by atoms with van der Waals surface area (Å²) in [6, 6.07) is 0. The Bertz CT molecular complexity index is 488. The topological polar surface area (TPSA) is 29.5 Å². The van der Waals surface area contributed by atoms with Crippen LogP contribution in [0.1, 0.15) is 168 Å². The van der Waals surface area contributed by atoms with Crippen molar-refractivity contribution in [2.45, 2.75) is 168 Å². The quantitative estimate of drug-likeness (QED) is 0.0557. The molecule has 0 aliphatic rings. The van der Waals surface area contributed by atoms with Crippen molar-refractivity contribution in [3.05, 3.63) is 12.2 Å². The Hall–Kier alpha value is -0.830. The predicted molar refractivity (Wildman–Crippen MR) is 164 cm³/mol. The molecule has 0 spiro atoms. The zero-order chi connectivity index (χ0) is 27.2. The lowest BCUT2D eigenvalue weighted by Gasteiger charge is -2.21. The molecule has 0 aliphatic heterocycles. The van der Waals surface area contributed by atoms with E-state index in [1.807, 2.05) is 6.92 Å². The van der Waals surface area contributed by atoms with Gasteiger partial charge in [-0.15, -0.1) is 0 Å². The summed E-state index contributed by atoms with van der Waals surface area (Å²) in [4.78, 5) is 13.7. The molecular weight excluding hydrogens is 454 g/mol. The average molecular weight is 522 g/mol. The Morgan fingerprint density at radius 2 is 1.05 bits per heavy atom. The molecule has 0 rings (SSSR count). The third-order valence-electron chi connectivity index (χ3n) is 7.55. The maximum Gasteiger partial charge on any atom is 0.305 e. The van der Waals surface area contributed by atoms with E-state index in [-0.39, 0.29) is 5.97 Å². The normalized spacial score (nSPS) is 12.6. The van der Waals surface area contributed by atoms with Crippen LogP contribution in [-0.4, -0.2) is 38.1 Å². The highest BCUT2D eigenvalue weighted by molar-refractivity contribution is 5.69. The van der Waals surface area contributed by atoms with Crippen molar-refractivity contribution in [2.24, 2.45) is 5.92 Å². The number of esters is 1. The van der Waals surface area contributed by atoms with E-state index >= 15 is 0 Å². The minimum absolute atomic E-state index is 0.0383. The smallest absolute Gasteiger partial charge is 0.305 e. The Balaban J connectivity index is 3.44. The molecule has 0 aromatic carbocycles. The molecule has 0 N–H and O–H groups in total. The van der Waals surface area contributed by atoms with Gasteiger partial charge in [-0.05, 0) is 71.9 Å². The van der Waals surface area contributed by atoms with Gasteiger partial charge in [-0.1, -0.05) is 122 Å². The van der Waals surface area contributed by atoms with Gasteiger partial charge in [-0.2, -0.15) is 0 Å². The van der Waals surface area contributed by atoms with Crippen molar-refractivity contribution in [1.29, 1.82) is 0 Å². The first kappa shape index (κ1) is 36.2. The van der Waals surface area contributed by atoms with Crippen LogP contribution in [0.4, 0.5) is 0 Å². The number of allylic oxidation sites excluding steroid dienone is 2. The summed E-state index contributed by atoms with van der Waals surface area (Å²) in [6.07, 6.45) is 36.5. The van der Waals surface area contributed by atoms with Gasteiger partial charge >= 0.3 is 5.97 Å². The lowest BCUT2D eigenvalue weighted by molar-refractivity contribution is -0.143. The summed E-state index contributed by atoms with van der Waals surface area (Å²) in [5, 5.41) is 0. The second kappa shape index (κ2) is 29.7. The number of carbonyl (C=O) groups excluding carboxylic acids is 1. The fraction of sp³-hybridized carbons (Fsp3) is 0.912. The van der Waals surface area contributed by atoms with Gasteiger partial charge in [0.05, 0.1) is 6.61 Å². The fourth-order valence-corrected chi connectivity index (χ4v) is 5.34. The van der Waals surface area contributed by atoms with E-state index in [4.69, 9.17) is 4.74 Å². The van der Waals surface area contributed by atoms with E-state index < -0.39 is 0 Å². The summed E-state index contributed by atoms with van der Waals surface area (Å²) in [5.41, 5.74) is 0. The van der Waals surface area contributed by atoms with E-state index in [0.717, 1.165) is 18.8 Å². The first-order valence-corrected chi connectivity index (χ1v) is 16.5. The lowest BCUT2D eigenvalue weighted by Crippen LogP contribution is -2.21. The minimum Gasteiger partial charge on any atom is -0.466 e. The summed E-state index contributed by atoms with van der Waals surface area (Å²) in [5.74, 6) is 0.876. The molecule has 1 unspecified atom stereocenters. The molecule has 0 saturated carbocycles.